The van der Waals surface area contributed by atoms with Crippen LogP contribution in [-0.4, -0.2) is 31.2 Å². The van der Waals surface area contributed by atoms with Gasteiger partial charge in [-0.2, -0.15) is 0 Å². The molecule has 0 aromatic carbocycles. The van der Waals surface area contributed by atoms with E-state index in [9.17, 15) is 4.79 Å². The van der Waals surface area contributed by atoms with Crippen molar-refractivity contribution < 1.29 is 4.79 Å². The van der Waals surface area contributed by atoms with E-state index in [2.05, 4.69) is 15.5 Å². The van der Waals surface area contributed by atoms with Crippen LogP contribution in [0.3, 0.4) is 0 Å². The lowest BCUT2D eigenvalue weighted by Gasteiger charge is -2.56. The summed E-state index contributed by atoms with van der Waals surface area (Å²) in [5.74, 6) is 2.90. The van der Waals surface area contributed by atoms with Crippen molar-refractivity contribution >= 4 is 17.5 Å². The average Bonchev–Trinajstić information content (AvgIpc) is 2.92. The molecule has 0 spiro atoms. The molecule has 0 radical (unpaired) electrons. The minimum absolute atomic E-state index is 0.0222. The van der Waals surface area contributed by atoms with Gasteiger partial charge in [0.2, 0.25) is 5.16 Å². The van der Waals surface area contributed by atoms with Gasteiger partial charge in [-0.15, -0.1) is 5.10 Å². The second-order valence-electron chi connectivity index (χ2n) is 7.60. The molecule has 4 saturated carbocycles. The molecule has 1 aromatic rings. The number of carbonyl (C=O) groups excluding carboxylic acids is 1. The van der Waals surface area contributed by atoms with Crippen molar-refractivity contribution in [3.8, 4) is 0 Å². The maximum Gasteiger partial charge on any atom is 0.209 e. The quantitative estimate of drug-likeness (QED) is 0.781. The molecule has 4 fully saturated rings. The van der Waals surface area contributed by atoms with Crippen molar-refractivity contribution in [2.75, 3.05) is 0 Å². The number of nitrogens with zero attached hydrogens (tertiary/aromatic N) is 4. The van der Waals surface area contributed by atoms with Gasteiger partial charge in [-0.3, -0.25) is 4.79 Å². The van der Waals surface area contributed by atoms with E-state index in [1.54, 1.807) is 4.68 Å². The summed E-state index contributed by atoms with van der Waals surface area (Å²) in [5, 5.41) is 12.5. The molecule has 4 bridgehead atoms. The molecule has 120 valence electrons. The molecule has 1 heterocycles. The highest BCUT2D eigenvalue weighted by Gasteiger charge is 2.55. The minimum Gasteiger partial charge on any atom is -0.298 e. The Kier molecular flexibility index (Phi) is 3.55. The molecule has 1 atom stereocenters. The molecule has 1 aromatic heterocycles. The van der Waals surface area contributed by atoms with Gasteiger partial charge >= 0.3 is 0 Å². The monoisotopic (exact) mass is 320 g/mol. The molecule has 0 unspecified atom stereocenters. The Hall–Kier alpha value is -0.910. The highest BCUT2D eigenvalue weighted by atomic mass is 32.2. The summed E-state index contributed by atoms with van der Waals surface area (Å²) in [4.78, 5) is 13.2. The van der Waals surface area contributed by atoms with Crippen LogP contribution in [0.15, 0.2) is 5.16 Å². The third-order valence-corrected chi connectivity index (χ3v) is 7.08. The van der Waals surface area contributed by atoms with Crippen LogP contribution in [0.5, 0.6) is 0 Å². The zero-order valence-corrected chi connectivity index (χ0v) is 14.2. The lowest BCUT2D eigenvalue weighted by atomic mass is 9.48. The first-order chi connectivity index (χ1) is 10.6. The van der Waals surface area contributed by atoms with Crippen LogP contribution in [0.1, 0.15) is 52.4 Å². The average molecular weight is 320 g/mol. The molecule has 6 heteroatoms. The number of hydrogen-bond acceptors (Lipinski definition) is 5. The van der Waals surface area contributed by atoms with Crippen LogP contribution < -0.4 is 0 Å². The highest BCUT2D eigenvalue weighted by molar-refractivity contribution is 8.00. The van der Waals surface area contributed by atoms with Gasteiger partial charge in [-0.1, -0.05) is 11.8 Å². The van der Waals surface area contributed by atoms with E-state index in [0.717, 1.165) is 48.7 Å². The maximum atomic E-state index is 13.2. The van der Waals surface area contributed by atoms with Gasteiger partial charge in [0.25, 0.3) is 0 Å². The second-order valence-corrected chi connectivity index (χ2v) is 8.91. The van der Waals surface area contributed by atoms with E-state index < -0.39 is 0 Å². The van der Waals surface area contributed by atoms with E-state index in [-0.39, 0.29) is 10.7 Å². The highest BCUT2D eigenvalue weighted by Crippen LogP contribution is 2.61. The second kappa shape index (κ2) is 5.32. The smallest absolute Gasteiger partial charge is 0.209 e. The van der Waals surface area contributed by atoms with Crippen molar-refractivity contribution in [1.82, 2.24) is 20.2 Å². The Morgan fingerprint density at radius 3 is 2.41 bits per heavy atom. The molecule has 4 aliphatic rings. The van der Waals surface area contributed by atoms with Gasteiger partial charge in [0.05, 0.1) is 5.25 Å². The summed E-state index contributed by atoms with van der Waals surface area (Å²) in [6, 6.07) is 0. The fraction of sp³-hybridized carbons (Fsp3) is 0.875. The number of rotatable bonds is 5. The Balaban J connectivity index is 1.51. The number of carbonyl (C=O) groups is 1. The minimum atomic E-state index is -0.0486. The van der Waals surface area contributed by atoms with Crippen molar-refractivity contribution in [3.05, 3.63) is 0 Å². The first kappa shape index (κ1) is 14.7. The Labute approximate surface area is 135 Å². The van der Waals surface area contributed by atoms with E-state index in [4.69, 9.17) is 0 Å². The molecule has 5 nitrogen and oxygen atoms in total. The summed E-state index contributed by atoms with van der Waals surface area (Å²) in [6.07, 6.45) is 7.55. The maximum absolute atomic E-state index is 13.2. The van der Waals surface area contributed by atoms with E-state index >= 15 is 0 Å². The van der Waals surface area contributed by atoms with Gasteiger partial charge in [0, 0.05) is 12.0 Å². The van der Waals surface area contributed by atoms with E-state index in [0.29, 0.717) is 5.78 Å². The van der Waals surface area contributed by atoms with Crippen LogP contribution in [0.4, 0.5) is 0 Å². The zero-order valence-electron chi connectivity index (χ0n) is 13.4. The summed E-state index contributed by atoms with van der Waals surface area (Å²) >= 11 is 1.54. The molecule has 0 amide bonds. The van der Waals surface area contributed by atoms with E-state index in [1.165, 1.54) is 31.0 Å². The lowest BCUT2D eigenvalue weighted by Crippen LogP contribution is -2.51. The number of aromatic nitrogens is 4. The first-order valence-electron chi connectivity index (χ1n) is 8.57. The van der Waals surface area contributed by atoms with Crippen molar-refractivity contribution in [2.24, 2.45) is 23.2 Å². The molecule has 5 rings (SSSR count). The molecular weight excluding hydrogens is 296 g/mol. The van der Waals surface area contributed by atoms with E-state index in [1.807, 2.05) is 13.8 Å². The summed E-state index contributed by atoms with van der Waals surface area (Å²) in [6.45, 7) is 4.81. The van der Waals surface area contributed by atoms with Gasteiger partial charge in [0.1, 0.15) is 0 Å². The molecule has 4 aliphatic carbocycles. The fourth-order valence-corrected chi connectivity index (χ4v) is 6.58. The van der Waals surface area contributed by atoms with Crippen LogP contribution in [-0.2, 0) is 11.3 Å². The molecule has 22 heavy (non-hydrogen) atoms. The summed E-state index contributed by atoms with van der Waals surface area (Å²) < 4.78 is 1.77. The normalized spacial score (nSPS) is 37.5. The molecule has 0 aliphatic heterocycles. The third kappa shape index (κ3) is 2.30. The van der Waals surface area contributed by atoms with Crippen LogP contribution >= 0.6 is 11.8 Å². The van der Waals surface area contributed by atoms with Crippen LogP contribution in [0, 0.1) is 23.2 Å². The lowest BCUT2D eigenvalue weighted by molar-refractivity contribution is -0.142. The number of ketones is 1. The summed E-state index contributed by atoms with van der Waals surface area (Å²) in [5.41, 5.74) is -0.0222. The first-order valence-corrected chi connectivity index (χ1v) is 9.45. The number of hydrogen-bond donors (Lipinski definition) is 0. The summed E-state index contributed by atoms with van der Waals surface area (Å²) in [7, 11) is 0. The van der Waals surface area contributed by atoms with Crippen molar-refractivity contribution in [2.45, 2.75) is 69.3 Å². The molecular formula is C16H24N4OS. The van der Waals surface area contributed by atoms with Gasteiger partial charge < -0.3 is 0 Å². The van der Waals surface area contributed by atoms with Crippen LogP contribution in [0.25, 0.3) is 0 Å². The predicted octanol–water partition coefficient (Wildman–Crippen LogP) is 2.96. The predicted molar refractivity (Wildman–Crippen MR) is 84.4 cm³/mol. The largest absolute Gasteiger partial charge is 0.298 e. The Morgan fingerprint density at radius 2 is 1.86 bits per heavy atom. The number of Topliss-reactive ketones (excluding diaryl/α,β-unsaturated/α-hetero) is 1. The van der Waals surface area contributed by atoms with Crippen molar-refractivity contribution in [1.29, 1.82) is 0 Å². The number of aryl methyl sites for hydroxylation is 1. The van der Waals surface area contributed by atoms with Gasteiger partial charge in [0.15, 0.2) is 5.78 Å². The topological polar surface area (TPSA) is 60.7 Å². The fourth-order valence-electron chi connectivity index (χ4n) is 5.53. The van der Waals surface area contributed by atoms with Crippen molar-refractivity contribution in [3.63, 3.8) is 0 Å². The zero-order chi connectivity index (χ0) is 15.3. The standard InChI is InChI=1S/C16H24N4OS/c1-3-20-15(17-18-19-20)22-10(2)14(21)16-7-11-4-12(8-16)6-13(5-11)9-16/h10-13H,3-9H2,1-2H3/t10-,11?,12?,13?,16?/m1/s1. The SMILES string of the molecule is CCn1nnnc1S[C@H](C)C(=O)C12CC3CC(CC(C3)C1)C2. The van der Waals surface area contributed by atoms with Gasteiger partial charge in [-0.05, 0) is 80.6 Å². The third-order valence-electron chi connectivity index (χ3n) is 6.01. The number of tetrazole rings is 1. The number of thioether (sulfide) groups is 1. The Morgan fingerprint density at radius 1 is 1.27 bits per heavy atom. The van der Waals surface area contributed by atoms with Crippen LogP contribution in [0.2, 0.25) is 0 Å². The van der Waals surface area contributed by atoms with Gasteiger partial charge in [-0.25, -0.2) is 4.68 Å². The molecule has 0 saturated heterocycles. The molecule has 0 N–H and O–H groups in total. The Bertz CT molecular complexity index is 549.